The van der Waals surface area contributed by atoms with E-state index in [0.29, 0.717) is 49.4 Å². The van der Waals surface area contributed by atoms with Crippen LogP contribution in [0.4, 0.5) is 13.2 Å². The Morgan fingerprint density at radius 2 is 1.91 bits per heavy atom. The van der Waals surface area contributed by atoms with E-state index in [-0.39, 0.29) is 24.0 Å². The Balaban J connectivity index is 0.00000363. The molecule has 0 atom stereocenters. The molecule has 7 nitrogen and oxygen atoms in total. The second-order valence-corrected chi connectivity index (χ2v) is 6.77. The number of guanidine groups is 1. The van der Waals surface area contributed by atoms with Gasteiger partial charge in [0.1, 0.15) is 5.69 Å². The molecule has 0 aliphatic rings. The zero-order chi connectivity index (χ0) is 22.3. The number of aliphatic imine (C=N–C) groups is 1. The van der Waals surface area contributed by atoms with E-state index in [2.05, 4.69) is 25.4 Å². The second-order valence-electron chi connectivity index (χ2n) is 6.77. The summed E-state index contributed by atoms with van der Waals surface area (Å²) < 4.78 is 43.4. The minimum absolute atomic E-state index is 0. The monoisotopic (exact) mass is 560 g/mol. The highest BCUT2D eigenvalue weighted by atomic mass is 127. The Morgan fingerprint density at radius 3 is 2.53 bits per heavy atom. The Hall–Kier alpha value is -2.70. The number of hydrogen-bond donors (Lipinski definition) is 1. The summed E-state index contributed by atoms with van der Waals surface area (Å²) in [6.45, 7) is 3.43. The van der Waals surface area contributed by atoms with Gasteiger partial charge in [0.2, 0.25) is 0 Å². The lowest BCUT2D eigenvalue weighted by atomic mass is 10.1. The molecule has 0 unspecified atom stereocenters. The number of halogens is 4. The lowest BCUT2D eigenvalue weighted by Gasteiger charge is -2.22. The number of benzene rings is 1. The Labute approximate surface area is 201 Å². The van der Waals surface area contributed by atoms with Gasteiger partial charge in [-0.15, -0.1) is 24.0 Å². The van der Waals surface area contributed by atoms with E-state index in [1.54, 1.807) is 18.3 Å². The molecule has 0 radical (unpaired) electrons. The van der Waals surface area contributed by atoms with Gasteiger partial charge in [0.15, 0.2) is 11.8 Å². The molecule has 1 N–H and O–H groups in total. The van der Waals surface area contributed by atoms with Crippen LogP contribution in [0.5, 0.6) is 0 Å². The summed E-state index contributed by atoms with van der Waals surface area (Å²) in [5.41, 5.74) is 0.693. The average molecular weight is 560 g/mol. The molecule has 0 fully saturated rings. The summed E-state index contributed by atoms with van der Waals surface area (Å²) in [6, 6.07) is 10.5. The van der Waals surface area contributed by atoms with Crippen molar-refractivity contribution in [2.24, 2.45) is 4.99 Å². The minimum Gasteiger partial charge on any atom is -0.357 e. The maximum atomic E-state index is 12.7. The Kier molecular flexibility index (Phi) is 9.42. The van der Waals surface area contributed by atoms with Crippen LogP contribution in [0.25, 0.3) is 11.6 Å². The van der Waals surface area contributed by atoms with E-state index in [0.717, 1.165) is 17.7 Å². The van der Waals surface area contributed by atoms with Gasteiger partial charge in [-0.25, -0.2) is 0 Å². The van der Waals surface area contributed by atoms with Crippen LogP contribution in [0.15, 0.2) is 58.2 Å². The molecule has 3 aromatic rings. The van der Waals surface area contributed by atoms with Gasteiger partial charge in [-0.1, -0.05) is 23.4 Å². The molecule has 0 aliphatic heterocycles. The van der Waals surface area contributed by atoms with Crippen molar-refractivity contribution in [3.8, 4) is 11.6 Å². The fraction of sp³-hybridized carbons (Fsp3) is 0.333. The molecule has 2 aromatic heterocycles. The topological polar surface area (TPSA) is 79.4 Å². The third kappa shape index (κ3) is 7.18. The van der Waals surface area contributed by atoms with Crippen LogP contribution in [0.3, 0.4) is 0 Å². The first-order valence-electron chi connectivity index (χ1n) is 9.76. The predicted molar refractivity (Wildman–Crippen MR) is 126 cm³/mol. The van der Waals surface area contributed by atoms with Crippen LogP contribution < -0.4 is 5.32 Å². The number of rotatable bonds is 7. The van der Waals surface area contributed by atoms with Gasteiger partial charge in [0, 0.05) is 39.3 Å². The quantitative estimate of drug-likeness (QED) is 0.262. The van der Waals surface area contributed by atoms with Crippen LogP contribution >= 0.6 is 24.0 Å². The van der Waals surface area contributed by atoms with Crippen LogP contribution in [-0.2, 0) is 19.1 Å². The third-order valence-electron chi connectivity index (χ3n) is 4.35. The normalized spacial score (nSPS) is 11.7. The van der Waals surface area contributed by atoms with Gasteiger partial charge in [-0.3, -0.25) is 9.98 Å². The van der Waals surface area contributed by atoms with Gasteiger partial charge in [-0.05, 0) is 36.8 Å². The zero-order valence-corrected chi connectivity index (χ0v) is 20.0. The number of nitrogens with one attached hydrogen (secondary N) is 1. The second kappa shape index (κ2) is 11.8. The summed E-state index contributed by atoms with van der Waals surface area (Å²) in [5.74, 6) is 1.51. The summed E-state index contributed by atoms with van der Waals surface area (Å²) in [5, 5.41) is 7.13. The van der Waals surface area contributed by atoms with Crippen molar-refractivity contribution in [2.75, 3.05) is 20.1 Å². The molecular formula is C21H24F3IN6O. The Bertz CT molecular complexity index is 993. The highest BCUT2D eigenvalue weighted by Crippen LogP contribution is 2.29. The first kappa shape index (κ1) is 25.6. The van der Waals surface area contributed by atoms with Crippen LogP contribution in [0.2, 0.25) is 0 Å². The fourth-order valence-electron chi connectivity index (χ4n) is 2.83. The van der Waals surface area contributed by atoms with Crippen molar-refractivity contribution < 1.29 is 17.7 Å². The van der Waals surface area contributed by atoms with E-state index < -0.39 is 11.7 Å². The summed E-state index contributed by atoms with van der Waals surface area (Å²) >= 11 is 0. The number of aromatic nitrogens is 3. The van der Waals surface area contributed by atoms with E-state index in [1.807, 2.05) is 24.9 Å². The number of hydrogen-bond acceptors (Lipinski definition) is 5. The smallest absolute Gasteiger partial charge is 0.357 e. The molecule has 2 heterocycles. The summed E-state index contributed by atoms with van der Waals surface area (Å²) in [6.07, 6.45) is -2.22. The summed E-state index contributed by atoms with van der Waals surface area (Å²) in [4.78, 5) is 14.9. The van der Waals surface area contributed by atoms with Crippen molar-refractivity contribution in [3.63, 3.8) is 0 Å². The molecule has 172 valence electrons. The minimum atomic E-state index is -4.34. The highest BCUT2D eigenvalue weighted by molar-refractivity contribution is 14.0. The molecule has 32 heavy (non-hydrogen) atoms. The van der Waals surface area contributed by atoms with E-state index in [9.17, 15) is 13.2 Å². The number of nitrogens with zero attached hydrogens (tertiary/aromatic N) is 5. The van der Waals surface area contributed by atoms with Crippen LogP contribution in [0.1, 0.15) is 23.9 Å². The van der Waals surface area contributed by atoms with Gasteiger partial charge >= 0.3 is 6.18 Å². The number of pyridine rings is 1. The van der Waals surface area contributed by atoms with Gasteiger partial charge in [0.05, 0.1) is 5.56 Å². The largest absolute Gasteiger partial charge is 0.416 e. The molecule has 0 amide bonds. The van der Waals surface area contributed by atoms with Crippen molar-refractivity contribution in [1.82, 2.24) is 25.3 Å². The van der Waals surface area contributed by atoms with Crippen molar-refractivity contribution in [3.05, 3.63) is 65.6 Å². The average Bonchev–Trinajstić information content (AvgIpc) is 3.22. The molecule has 1 aromatic carbocycles. The molecule has 3 rings (SSSR count). The maximum Gasteiger partial charge on any atom is 0.416 e. The van der Waals surface area contributed by atoms with Crippen molar-refractivity contribution >= 4 is 29.9 Å². The lowest BCUT2D eigenvalue weighted by Crippen LogP contribution is -2.38. The predicted octanol–water partition coefficient (Wildman–Crippen LogP) is 4.41. The standard InChI is InChI=1S/C21H23F3N6O.HI/c1-3-25-20(30(2)14-15-7-9-16(10-8-15)21(22,23)24)27-13-11-18-28-19(31-29-18)17-6-4-5-12-26-17;/h4-10,12H,3,11,13-14H2,1-2H3,(H,25,27);1H. The van der Waals surface area contributed by atoms with Crippen LogP contribution in [-0.4, -0.2) is 46.1 Å². The molecule has 0 saturated carbocycles. The van der Waals surface area contributed by atoms with E-state index in [1.165, 1.54) is 12.1 Å². The fourth-order valence-corrected chi connectivity index (χ4v) is 2.83. The van der Waals surface area contributed by atoms with Gasteiger partial charge in [0.25, 0.3) is 5.89 Å². The van der Waals surface area contributed by atoms with Crippen LogP contribution in [0, 0.1) is 0 Å². The third-order valence-corrected chi connectivity index (χ3v) is 4.35. The molecule has 11 heteroatoms. The van der Waals surface area contributed by atoms with Crippen molar-refractivity contribution in [2.45, 2.75) is 26.1 Å². The molecule has 0 bridgehead atoms. The maximum absolute atomic E-state index is 12.7. The lowest BCUT2D eigenvalue weighted by molar-refractivity contribution is -0.137. The van der Waals surface area contributed by atoms with Crippen molar-refractivity contribution in [1.29, 1.82) is 0 Å². The molecule has 0 saturated heterocycles. The highest BCUT2D eigenvalue weighted by Gasteiger charge is 2.29. The zero-order valence-electron chi connectivity index (χ0n) is 17.6. The number of alkyl halides is 3. The summed E-state index contributed by atoms with van der Waals surface area (Å²) in [7, 11) is 1.83. The first-order valence-corrected chi connectivity index (χ1v) is 9.76. The Morgan fingerprint density at radius 1 is 1.16 bits per heavy atom. The van der Waals surface area contributed by atoms with Gasteiger partial charge < -0.3 is 14.7 Å². The van der Waals surface area contributed by atoms with E-state index in [4.69, 9.17) is 4.52 Å². The molecule has 0 spiro atoms. The SMILES string of the molecule is CCNC(=NCCc1noc(-c2ccccn2)n1)N(C)Cc1ccc(C(F)(F)F)cc1.I. The molecule has 0 aliphatic carbocycles. The van der Waals surface area contributed by atoms with E-state index >= 15 is 0 Å². The first-order chi connectivity index (χ1) is 14.9. The molecular weight excluding hydrogens is 536 g/mol. The van der Waals surface area contributed by atoms with Gasteiger partial charge in [-0.2, -0.15) is 18.2 Å².